The average Bonchev–Trinajstić information content (AvgIpc) is 2.48. The van der Waals surface area contributed by atoms with Gasteiger partial charge in [-0.25, -0.2) is 0 Å². The van der Waals surface area contributed by atoms with Gasteiger partial charge in [0.1, 0.15) is 5.75 Å². The zero-order valence-corrected chi connectivity index (χ0v) is 12.4. The van der Waals surface area contributed by atoms with E-state index in [9.17, 15) is 4.79 Å². The summed E-state index contributed by atoms with van der Waals surface area (Å²) in [6.45, 7) is 2.33. The van der Waals surface area contributed by atoms with Crippen molar-refractivity contribution in [3.63, 3.8) is 0 Å². The number of esters is 1. The van der Waals surface area contributed by atoms with Gasteiger partial charge in [0.25, 0.3) is 0 Å². The van der Waals surface area contributed by atoms with Crippen LogP contribution in [0.15, 0.2) is 24.3 Å². The molecule has 1 fully saturated rings. The van der Waals surface area contributed by atoms with E-state index in [1.165, 1.54) is 18.4 Å². The zero-order chi connectivity index (χ0) is 14.4. The summed E-state index contributed by atoms with van der Waals surface area (Å²) in [7, 11) is 1.68. The number of carbonyl (C=O) groups is 1. The lowest BCUT2D eigenvalue weighted by atomic mass is 9.74. The molecular formula is C17H24O3. The molecule has 0 spiro atoms. The van der Waals surface area contributed by atoms with Crippen LogP contribution >= 0.6 is 0 Å². The van der Waals surface area contributed by atoms with Crippen molar-refractivity contribution in [3.8, 4) is 5.75 Å². The van der Waals surface area contributed by atoms with Crippen LogP contribution in [0.1, 0.15) is 50.5 Å². The SMILES string of the molecule is CCOC(=O)C[C@H]1CCCC[C@H]1c1ccc(OC)cc1. The van der Waals surface area contributed by atoms with Gasteiger partial charge in [-0.1, -0.05) is 25.0 Å². The summed E-state index contributed by atoms with van der Waals surface area (Å²) in [5.74, 6) is 1.71. The molecule has 0 radical (unpaired) electrons. The molecule has 1 aliphatic carbocycles. The second-order valence-corrected chi connectivity index (χ2v) is 5.43. The molecule has 1 aromatic rings. The van der Waals surface area contributed by atoms with Crippen molar-refractivity contribution in [3.05, 3.63) is 29.8 Å². The Morgan fingerprint density at radius 2 is 1.90 bits per heavy atom. The summed E-state index contributed by atoms with van der Waals surface area (Å²) in [5, 5.41) is 0. The van der Waals surface area contributed by atoms with Crippen molar-refractivity contribution in [2.75, 3.05) is 13.7 Å². The van der Waals surface area contributed by atoms with E-state index in [4.69, 9.17) is 9.47 Å². The molecule has 3 heteroatoms. The van der Waals surface area contributed by atoms with Crippen LogP contribution in [0.3, 0.4) is 0 Å². The predicted octanol–water partition coefficient (Wildman–Crippen LogP) is 3.92. The van der Waals surface area contributed by atoms with E-state index in [1.54, 1.807) is 7.11 Å². The normalized spacial score (nSPS) is 22.3. The molecule has 1 aliphatic rings. The summed E-state index contributed by atoms with van der Waals surface area (Å²) < 4.78 is 10.3. The molecule has 0 aliphatic heterocycles. The standard InChI is InChI=1S/C17H24O3/c1-3-20-17(18)12-14-6-4-5-7-16(14)13-8-10-15(19-2)11-9-13/h8-11,14,16H,3-7,12H2,1-2H3/t14-,16+/m1/s1. The van der Waals surface area contributed by atoms with Crippen LogP contribution in [0.5, 0.6) is 5.75 Å². The highest BCUT2D eigenvalue weighted by Crippen LogP contribution is 2.40. The van der Waals surface area contributed by atoms with Crippen LogP contribution in [-0.4, -0.2) is 19.7 Å². The highest BCUT2D eigenvalue weighted by Gasteiger charge is 2.28. The van der Waals surface area contributed by atoms with Gasteiger partial charge in [0.05, 0.1) is 13.7 Å². The first-order chi connectivity index (χ1) is 9.74. The number of hydrogen-bond acceptors (Lipinski definition) is 3. The van der Waals surface area contributed by atoms with Crippen molar-refractivity contribution in [2.45, 2.75) is 44.9 Å². The Labute approximate surface area is 121 Å². The summed E-state index contributed by atoms with van der Waals surface area (Å²) in [6, 6.07) is 8.27. The maximum Gasteiger partial charge on any atom is 0.306 e. The molecule has 1 saturated carbocycles. The summed E-state index contributed by atoms with van der Waals surface area (Å²) in [6.07, 6.45) is 5.29. The van der Waals surface area contributed by atoms with E-state index >= 15 is 0 Å². The Bertz CT molecular complexity index is 424. The van der Waals surface area contributed by atoms with Gasteiger partial charge >= 0.3 is 5.97 Å². The van der Waals surface area contributed by atoms with E-state index in [2.05, 4.69) is 12.1 Å². The Balaban J connectivity index is 2.07. The van der Waals surface area contributed by atoms with E-state index in [0.717, 1.165) is 18.6 Å². The van der Waals surface area contributed by atoms with Gasteiger partial charge in [0, 0.05) is 6.42 Å². The van der Waals surface area contributed by atoms with Crippen LogP contribution in [0.25, 0.3) is 0 Å². The minimum Gasteiger partial charge on any atom is -0.497 e. The zero-order valence-electron chi connectivity index (χ0n) is 12.4. The van der Waals surface area contributed by atoms with Crippen LogP contribution in [0, 0.1) is 5.92 Å². The van der Waals surface area contributed by atoms with Gasteiger partial charge in [0.2, 0.25) is 0 Å². The molecule has 0 amide bonds. The smallest absolute Gasteiger partial charge is 0.306 e. The van der Waals surface area contributed by atoms with Crippen LogP contribution in [-0.2, 0) is 9.53 Å². The molecule has 2 atom stereocenters. The van der Waals surface area contributed by atoms with Crippen LogP contribution < -0.4 is 4.74 Å². The Hall–Kier alpha value is -1.51. The molecule has 0 bridgehead atoms. The van der Waals surface area contributed by atoms with Crippen LogP contribution in [0.2, 0.25) is 0 Å². The maximum absolute atomic E-state index is 11.7. The van der Waals surface area contributed by atoms with E-state index in [0.29, 0.717) is 24.9 Å². The molecule has 110 valence electrons. The molecule has 0 unspecified atom stereocenters. The third kappa shape index (κ3) is 3.75. The first kappa shape index (κ1) is 14.9. The van der Waals surface area contributed by atoms with Crippen LogP contribution in [0.4, 0.5) is 0 Å². The quantitative estimate of drug-likeness (QED) is 0.765. The van der Waals surface area contributed by atoms with Gasteiger partial charge in [-0.3, -0.25) is 4.79 Å². The third-order valence-corrected chi connectivity index (χ3v) is 4.19. The van der Waals surface area contributed by atoms with Gasteiger partial charge in [-0.15, -0.1) is 0 Å². The Kier molecular flexibility index (Phi) is 5.45. The second kappa shape index (κ2) is 7.32. The molecule has 3 nitrogen and oxygen atoms in total. The lowest BCUT2D eigenvalue weighted by molar-refractivity contribution is -0.144. The van der Waals surface area contributed by atoms with Crippen molar-refractivity contribution in [2.24, 2.45) is 5.92 Å². The molecule has 0 heterocycles. The van der Waals surface area contributed by atoms with E-state index in [-0.39, 0.29) is 5.97 Å². The van der Waals surface area contributed by atoms with E-state index in [1.807, 2.05) is 19.1 Å². The molecule has 0 N–H and O–H groups in total. The molecule has 2 rings (SSSR count). The molecule has 0 saturated heterocycles. The fourth-order valence-corrected chi connectivity index (χ4v) is 3.18. The largest absolute Gasteiger partial charge is 0.497 e. The summed E-state index contributed by atoms with van der Waals surface area (Å²) in [5.41, 5.74) is 1.32. The monoisotopic (exact) mass is 276 g/mol. The number of hydrogen-bond donors (Lipinski definition) is 0. The molecular weight excluding hydrogens is 252 g/mol. The second-order valence-electron chi connectivity index (χ2n) is 5.43. The minimum absolute atomic E-state index is 0.0575. The number of ether oxygens (including phenoxy) is 2. The van der Waals surface area contributed by atoms with Gasteiger partial charge in [0.15, 0.2) is 0 Å². The molecule has 1 aromatic carbocycles. The number of carbonyl (C=O) groups excluding carboxylic acids is 1. The molecule has 0 aromatic heterocycles. The van der Waals surface area contributed by atoms with E-state index < -0.39 is 0 Å². The molecule has 20 heavy (non-hydrogen) atoms. The van der Waals surface area contributed by atoms with Crippen molar-refractivity contribution >= 4 is 5.97 Å². The van der Waals surface area contributed by atoms with Gasteiger partial charge in [-0.05, 0) is 49.3 Å². The number of benzene rings is 1. The topological polar surface area (TPSA) is 35.5 Å². The first-order valence-corrected chi connectivity index (χ1v) is 7.54. The third-order valence-electron chi connectivity index (χ3n) is 4.19. The maximum atomic E-state index is 11.7. The minimum atomic E-state index is -0.0575. The number of rotatable bonds is 5. The van der Waals surface area contributed by atoms with Crippen molar-refractivity contribution in [1.82, 2.24) is 0 Å². The highest BCUT2D eigenvalue weighted by molar-refractivity contribution is 5.69. The fraction of sp³-hybridized carbons (Fsp3) is 0.588. The predicted molar refractivity (Wildman–Crippen MR) is 78.9 cm³/mol. The summed E-state index contributed by atoms with van der Waals surface area (Å²) in [4.78, 5) is 11.7. The van der Waals surface area contributed by atoms with Crippen molar-refractivity contribution in [1.29, 1.82) is 0 Å². The van der Waals surface area contributed by atoms with Gasteiger partial charge in [-0.2, -0.15) is 0 Å². The first-order valence-electron chi connectivity index (χ1n) is 7.54. The lowest BCUT2D eigenvalue weighted by Gasteiger charge is -2.31. The fourth-order valence-electron chi connectivity index (χ4n) is 3.18. The lowest BCUT2D eigenvalue weighted by Crippen LogP contribution is -2.22. The highest BCUT2D eigenvalue weighted by atomic mass is 16.5. The number of methoxy groups -OCH3 is 1. The summed E-state index contributed by atoms with van der Waals surface area (Å²) >= 11 is 0. The van der Waals surface area contributed by atoms with Gasteiger partial charge < -0.3 is 9.47 Å². The average molecular weight is 276 g/mol. The Morgan fingerprint density at radius 1 is 1.20 bits per heavy atom. The Morgan fingerprint density at radius 3 is 2.55 bits per heavy atom. The van der Waals surface area contributed by atoms with Crippen molar-refractivity contribution < 1.29 is 14.3 Å².